The van der Waals surface area contributed by atoms with E-state index in [4.69, 9.17) is 4.74 Å². The number of nitrogens with one attached hydrogen (secondary N) is 1. The molecule has 1 heterocycles. The summed E-state index contributed by atoms with van der Waals surface area (Å²) in [6, 6.07) is 0.276. The third-order valence-corrected chi connectivity index (χ3v) is 8.26. The number of fused-ring (bicyclic) bond motifs is 5. The first-order chi connectivity index (χ1) is 11.9. The number of amides is 1. The highest BCUT2D eigenvalue weighted by Crippen LogP contribution is 2.65. The van der Waals surface area contributed by atoms with Crippen LogP contribution in [0.1, 0.15) is 59.3 Å². The predicted molar refractivity (Wildman–Crippen MR) is 95.6 cm³/mol. The molecule has 3 saturated carbocycles. The molecular weight excluding hydrogens is 314 g/mol. The molecule has 0 aromatic heterocycles. The molecule has 0 bridgehead atoms. The van der Waals surface area contributed by atoms with Gasteiger partial charge in [-0.05, 0) is 74.7 Å². The highest BCUT2D eigenvalue weighted by atomic mass is 16.5. The van der Waals surface area contributed by atoms with Crippen molar-refractivity contribution in [2.24, 2.45) is 34.5 Å². The summed E-state index contributed by atoms with van der Waals surface area (Å²) in [5.41, 5.74) is 0.165. The van der Waals surface area contributed by atoms with Gasteiger partial charge in [-0.2, -0.15) is 0 Å². The van der Waals surface area contributed by atoms with Gasteiger partial charge in [0.25, 0.3) is 0 Å². The molecule has 1 N–H and O–H groups in total. The Hall–Kier alpha value is -1.32. The first kappa shape index (κ1) is 17.1. The molecule has 1 amide bonds. The third kappa shape index (κ3) is 2.39. The van der Waals surface area contributed by atoms with Crippen LogP contribution in [-0.4, -0.2) is 24.5 Å². The van der Waals surface area contributed by atoms with Crippen molar-refractivity contribution < 1.29 is 14.3 Å². The first-order valence-corrected chi connectivity index (χ1v) is 10.1. The maximum atomic E-state index is 12.5. The van der Waals surface area contributed by atoms with Gasteiger partial charge < -0.3 is 10.1 Å². The second kappa shape index (κ2) is 5.85. The summed E-state index contributed by atoms with van der Waals surface area (Å²) >= 11 is 0. The van der Waals surface area contributed by atoms with Crippen molar-refractivity contribution in [2.75, 3.05) is 6.61 Å². The van der Waals surface area contributed by atoms with E-state index in [1.807, 2.05) is 6.92 Å². The van der Waals surface area contributed by atoms with E-state index in [1.165, 1.54) is 6.42 Å². The van der Waals surface area contributed by atoms with Crippen LogP contribution in [0.15, 0.2) is 12.2 Å². The van der Waals surface area contributed by atoms with Gasteiger partial charge in [0.05, 0.1) is 12.5 Å². The van der Waals surface area contributed by atoms with E-state index in [0.717, 1.165) is 32.1 Å². The monoisotopic (exact) mass is 345 g/mol. The van der Waals surface area contributed by atoms with Crippen LogP contribution in [0.2, 0.25) is 0 Å². The Morgan fingerprint density at radius 2 is 2.00 bits per heavy atom. The van der Waals surface area contributed by atoms with Gasteiger partial charge >= 0.3 is 5.97 Å². The number of hydrogen-bond donors (Lipinski definition) is 1. The van der Waals surface area contributed by atoms with Gasteiger partial charge in [-0.1, -0.05) is 19.9 Å². The molecular formula is C21H31NO3. The standard InChI is InChI=1S/C21H31NO3/c1-4-25-19(24)16-7-6-14-13-5-8-17-21(3,12-10-18(23)22-17)15(13)9-11-20(14,16)2/h10,12-17H,4-9,11H2,1-3H3,(H,22,23)/t13-,14-,15-,16+,17+,20+,21+/m0/s1. The van der Waals surface area contributed by atoms with Crippen LogP contribution in [0.25, 0.3) is 0 Å². The lowest BCUT2D eigenvalue weighted by atomic mass is 9.48. The lowest BCUT2D eigenvalue weighted by Crippen LogP contribution is -2.59. The van der Waals surface area contributed by atoms with E-state index in [2.05, 4.69) is 25.2 Å². The van der Waals surface area contributed by atoms with Crippen LogP contribution in [0, 0.1) is 34.5 Å². The van der Waals surface area contributed by atoms with Gasteiger partial charge in [0.1, 0.15) is 0 Å². The first-order valence-electron chi connectivity index (χ1n) is 10.1. The van der Waals surface area contributed by atoms with Gasteiger partial charge in [0, 0.05) is 11.5 Å². The Labute approximate surface area is 150 Å². The number of ether oxygens (including phenoxy) is 1. The maximum Gasteiger partial charge on any atom is 0.309 e. The van der Waals surface area contributed by atoms with Gasteiger partial charge in [-0.15, -0.1) is 0 Å². The molecule has 0 saturated heterocycles. The molecule has 4 nitrogen and oxygen atoms in total. The number of rotatable bonds is 2. The fraction of sp³-hybridized carbons (Fsp3) is 0.810. The molecule has 138 valence electrons. The lowest BCUT2D eigenvalue weighted by Gasteiger charge is -2.58. The van der Waals surface area contributed by atoms with E-state index in [1.54, 1.807) is 6.08 Å². The van der Waals surface area contributed by atoms with Gasteiger partial charge in [0.2, 0.25) is 5.91 Å². The Morgan fingerprint density at radius 1 is 1.20 bits per heavy atom. The van der Waals surface area contributed by atoms with E-state index >= 15 is 0 Å². The van der Waals surface area contributed by atoms with Crippen molar-refractivity contribution >= 4 is 11.9 Å². The molecule has 1 aliphatic heterocycles. The molecule has 4 rings (SSSR count). The third-order valence-electron chi connectivity index (χ3n) is 8.26. The van der Waals surface area contributed by atoms with Crippen LogP contribution in [0.3, 0.4) is 0 Å². The summed E-state index contributed by atoms with van der Waals surface area (Å²) in [4.78, 5) is 24.3. The van der Waals surface area contributed by atoms with E-state index < -0.39 is 0 Å². The molecule has 25 heavy (non-hydrogen) atoms. The largest absolute Gasteiger partial charge is 0.466 e. The molecule has 0 aromatic rings. The zero-order chi connectivity index (χ0) is 17.8. The SMILES string of the molecule is CCOC(=O)[C@H]1CC[C@H]2[C@@H]3CC[C@H]4NC(=O)C=C[C@]4(C)[C@H]3CC[C@@]12C. The molecule has 4 aliphatic rings. The Bertz CT molecular complexity index is 614. The van der Waals surface area contributed by atoms with Gasteiger partial charge in [-0.3, -0.25) is 9.59 Å². The second-order valence-electron chi connectivity index (χ2n) is 9.14. The molecule has 0 unspecified atom stereocenters. The summed E-state index contributed by atoms with van der Waals surface area (Å²) in [5.74, 6) is 2.05. The molecule has 0 aromatic carbocycles. The predicted octanol–water partition coefficient (Wildman–Crippen LogP) is 3.46. The van der Waals surface area contributed by atoms with Crippen molar-refractivity contribution in [3.8, 4) is 0 Å². The molecule has 0 radical (unpaired) electrons. The van der Waals surface area contributed by atoms with Crippen LogP contribution in [0.4, 0.5) is 0 Å². The van der Waals surface area contributed by atoms with Gasteiger partial charge in [-0.25, -0.2) is 0 Å². The summed E-state index contributed by atoms with van der Waals surface area (Å²) in [7, 11) is 0. The van der Waals surface area contributed by atoms with Crippen molar-refractivity contribution in [3.63, 3.8) is 0 Å². The van der Waals surface area contributed by atoms with Crippen molar-refractivity contribution in [3.05, 3.63) is 12.2 Å². The summed E-state index contributed by atoms with van der Waals surface area (Å²) in [6.45, 7) is 7.06. The van der Waals surface area contributed by atoms with Crippen molar-refractivity contribution in [1.82, 2.24) is 5.32 Å². The van der Waals surface area contributed by atoms with E-state index in [9.17, 15) is 9.59 Å². The smallest absolute Gasteiger partial charge is 0.309 e. The minimum absolute atomic E-state index is 0.0238. The van der Waals surface area contributed by atoms with Crippen LogP contribution < -0.4 is 5.32 Å². The zero-order valence-electron chi connectivity index (χ0n) is 15.7. The lowest BCUT2D eigenvalue weighted by molar-refractivity contribution is -0.156. The fourth-order valence-electron chi connectivity index (χ4n) is 6.96. The summed E-state index contributed by atoms with van der Waals surface area (Å²) < 4.78 is 5.40. The van der Waals surface area contributed by atoms with E-state index in [0.29, 0.717) is 24.4 Å². The zero-order valence-corrected chi connectivity index (χ0v) is 15.7. The van der Waals surface area contributed by atoms with Crippen LogP contribution in [-0.2, 0) is 14.3 Å². The molecule has 4 heteroatoms. The Balaban J connectivity index is 1.61. The Kier molecular flexibility index (Phi) is 4.01. The highest BCUT2D eigenvalue weighted by molar-refractivity contribution is 5.89. The normalized spacial score (nSPS) is 48.1. The Morgan fingerprint density at radius 3 is 2.76 bits per heavy atom. The second-order valence-corrected chi connectivity index (χ2v) is 9.14. The number of carbonyl (C=O) groups is 2. The number of hydrogen-bond acceptors (Lipinski definition) is 3. The fourth-order valence-corrected chi connectivity index (χ4v) is 6.96. The molecule has 7 atom stereocenters. The summed E-state index contributed by atoms with van der Waals surface area (Å²) in [5, 5.41) is 3.20. The number of esters is 1. The van der Waals surface area contributed by atoms with Gasteiger partial charge in [0.15, 0.2) is 0 Å². The average Bonchev–Trinajstić information content (AvgIpc) is 2.93. The molecule has 0 spiro atoms. The van der Waals surface area contributed by atoms with Crippen molar-refractivity contribution in [2.45, 2.75) is 65.3 Å². The topological polar surface area (TPSA) is 55.4 Å². The minimum atomic E-state index is 0.0238. The number of carbonyl (C=O) groups excluding carboxylic acids is 2. The van der Waals surface area contributed by atoms with Crippen molar-refractivity contribution in [1.29, 1.82) is 0 Å². The quantitative estimate of drug-likeness (QED) is 0.780. The maximum absolute atomic E-state index is 12.5. The van der Waals surface area contributed by atoms with Crippen LogP contribution >= 0.6 is 0 Å². The summed E-state index contributed by atoms with van der Waals surface area (Å²) in [6.07, 6.45) is 10.6. The van der Waals surface area contributed by atoms with E-state index in [-0.39, 0.29) is 34.7 Å². The molecule has 3 fully saturated rings. The highest BCUT2D eigenvalue weighted by Gasteiger charge is 2.61. The average molecular weight is 345 g/mol. The van der Waals surface area contributed by atoms with Crippen LogP contribution in [0.5, 0.6) is 0 Å². The molecule has 3 aliphatic carbocycles. The minimum Gasteiger partial charge on any atom is -0.466 e.